The van der Waals surface area contributed by atoms with E-state index >= 15 is 0 Å². The predicted octanol–water partition coefficient (Wildman–Crippen LogP) is 7.48. The molecule has 4 atom stereocenters. The molecule has 62 heavy (non-hydrogen) atoms. The Balaban J connectivity index is 0.967. The molecule has 3 aliphatic rings. The lowest BCUT2D eigenvalue weighted by molar-refractivity contribution is -0.156. The van der Waals surface area contributed by atoms with Crippen LogP contribution in [0.3, 0.4) is 0 Å². The molecular formula is C47H55N7O8. The Kier molecular flexibility index (Phi) is 12.2. The summed E-state index contributed by atoms with van der Waals surface area (Å²) in [6.45, 7) is 9.21. The number of hydrogen-bond donors (Lipinski definition) is 4. The minimum absolute atomic E-state index is 0.116. The van der Waals surface area contributed by atoms with Crippen LogP contribution in [0.2, 0.25) is 0 Å². The van der Waals surface area contributed by atoms with E-state index in [1.54, 1.807) is 11.1 Å². The van der Waals surface area contributed by atoms with Gasteiger partial charge in [0, 0.05) is 18.5 Å². The number of carboxylic acids is 1. The van der Waals surface area contributed by atoms with Gasteiger partial charge in [-0.25, -0.2) is 14.8 Å². The molecule has 3 aliphatic heterocycles. The van der Waals surface area contributed by atoms with Crippen LogP contribution in [0.25, 0.3) is 44.4 Å². The van der Waals surface area contributed by atoms with Gasteiger partial charge in [0.15, 0.2) is 5.79 Å². The molecule has 5 aromatic rings. The predicted molar refractivity (Wildman–Crippen MR) is 231 cm³/mol. The topological polar surface area (TPSA) is 192 Å². The number of ether oxygens (including phenoxy) is 3. The number of piperidine rings is 1. The Morgan fingerprint density at radius 3 is 2.02 bits per heavy atom. The van der Waals surface area contributed by atoms with Crippen molar-refractivity contribution < 1.29 is 38.5 Å². The Morgan fingerprint density at radius 2 is 1.39 bits per heavy atom. The lowest BCUT2D eigenvalue weighted by Crippen LogP contribution is -2.53. The summed E-state index contributed by atoms with van der Waals surface area (Å²) in [5.74, 6) is -1.96. The first-order valence-electron chi connectivity index (χ1n) is 21.5. The van der Waals surface area contributed by atoms with Crippen LogP contribution in [0.1, 0.15) is 83.5 Å². The molecule has 4 unspecified atom stereocenters. The van der Waals surface area contributed by atoms with E-state index in [9.17, 15) is 24.3 Å². The number of carboxylic acid groups (broad SMARTS) is 1. The van der Waals surface area contributed by atoms with Crippen molar-refractivity contribution in [3.63, 3.8) is 0 Å². The summed E-state index contributed by atoms with van der Waals surface area (Å²) in [7, 11) is 1.29. The molecule has 326 valence electrons. The molecule has 8 rings (SSSR count). The number of benzene rings is 3. The Hall–Kier alpha value is -6.06. The smallest absolute Gasteiger partial charge is 0.407 e. The van der Waals surface area contributed by atoms with Gasteiger partial charge in [0.05, 0.1) is 75.1 Å². The molecule has 3 aromatic carbocycles. The van der Waals surface area contributed by atoms with E-state index in [4.69, 9.17) is 24.2 Å². The highest BCUT2D eigenvalue weighted by molar-refractivity contribution is 5.91. The van der Waals surface area contributed by atoms with Gasteiger partial charge in [-0.2, -0.15) is 0 Å². The van der Waals surface area contributed by atoms with Gasteiger partial charge >= 0.3 is 12.1 Å². The molecule has 0 bridgehead atoms. The second-order valence-electron chi connectivity index (χ2n) is 17.4. The summed E-state index contributed by atoms with van der Waals surface area (Å²) >= 11 is 0. The Bertz CT molecular complexity index is 2440. The summed E-state index contributed by atoms with van der Waals surface area (Å²) in [5.41, 5.74) is 5.69. The molecule has 4 N–H and O–H groups in total. The number of amides is 3. The molecule has 1 spiro atoms. The molecule has 0 aliphatic carbocycles. The quantitative estimate of drug-likeness (QED) is 0.0979. The van der Waals surface area contributed by atoms with Gasteiger partial charge in [-0.1, -0.05) is 76.2 Å². The Labute approximate surface area is 360 Å². The van der Waals surface area contributed by atoms with Gasteiger partial charge in [0.2, 0.25) is 11.8 Å². The van der Waals surface area contributed by atoms with Crippen LogP contribution >= 0.6 is 0 Å². The molecule has 3 amide bonds. The molecule has 0 saturated carbocycles. The van der Waals surface area contributed by atoms with Crippen molar-refractivity contribution in [2.24, 2.45) is 17.8 Å². The number of imidazole rings is 2. The fourth-order valence-electron chi connectivity index (χ4n) is 9.13. The van der Waals surface area contributed by atoms with Crippen molar-refractivity contribution in [1.29, 1.82) is 0 Å². The number of H-pyrrole nitrogens is 2. The van der Waals surface area contributed by atoms with Gasteiger partial charge in [0.25, 0.3) is 0 Å². The third-order valence-electron chi connectivity index (χ3n) is 12.6. The van der Waals surface area contributed by atoms with Crippen molar-refractivity contribution >= 4 is 34.6 Å². The number of hydrogen-bond acceptors (Lipinski definition) is 9. The normalized spacial score (nSPS) is 19.7. The highest BCUT2D eigenvalue weighted by Gasteiger charge is 2.52. The summed E-state index contributed by atoms with van der Waals surface area (Å²) in [4.78, 5) is 71.3. The van der Waals surface area contributed by atoms with E-state index in [2.05, 4.69) is 63.8 Å². The molecule has 15 nitrogen and oxygen atoms in total. The van der Waals surface area contributed by atoms with E-state index in [1.807, 2.05) is 50.9 Å². The van der Waals surface area contributed by atoms with Crippen LogP contribution < -0.4 is 5.32 Å². The number of fused-ring (bicyclic) bond motifs is 1. The first-order chi connectivity index (χ1) is 29.8. The number of aromatic amines is 2. The monoisotopic (exact) mass is 845 g/mol. The highest BCUT2D eigenvalue weighted by atomic mass is 16.7. The number of aliphatic carboxylic acids is 1. The highest BCUT2D eigenvalue weighted by Crippen LogP contribution is 2.44. The largest absolute Gasteiger partial charge is 0.481 e. The van der Waals surface area contributed by atoms with E-state index in [0.717, 1.165) is 69.5 Å². The maximum absolute atomic E-state index is 13.9. The number of rotatable bonds is 12. The number of likely N-dealkylation sites (tertiary alicyclic amines) is 2. The van der Waals surface area contributed by atoms with Crippen molar-refractivity contribution in [2.75, 3.05) is 33.4 Å². The average molecular weight is 846 g/mol. The summed E-state index contributed by atoms with van der Waals surface area (Å²) in [6, 6.07) is 19.5. The number of carbonyl (C=O) groups is 4. The first-order valence-corrected chi connectivity index (χ1v) is 21.5. The Morgan fingerprint density at radius 1 is 0.790 bits per heavy atom. The van der Waals surface area contributed by atoms with Crippen molar-refractivity contribution in [2.45, 2.75) is 83.7 Å². The SMILES string of the molecule is COC(=O)NC(C(=O)N1CCCCC1c1ncc(-c2ccc3cc(-c4ccc(-c5cnc(C6CC7(CN6C(=O)C(CC(=O)O)C(C)C)OCCO7)[nH]5)cc4)ccc3c2)[nH]1)C(C)C. The van der Waals surface area contributed by atoms with E-state index in [1.165, 1.54) is 7.11 Å². The third kappa shape index (κ3) is 8.68. The van der Waals surface area contributed by atoms with Crippen molar-refractivity contribution in [3.8, 4) is 33.6 Å². The molecule has 3 saturated heterocycles. The average Bonchev–Trinajstić information content (AvgIpc) is 4.12. The third-order valence-corrected chi connectivity index (χ3v) is 12.6. The molecule has 2 aromatic heterocycles. The summed E-state index contributed by atoms with van der Waals surface area (Å²) < 4.78 is 16.8. The van der Waals surface area contributed by atoms with Gasteiger partial charge < -0.3 is 44.4 Å². The van der Waals surface area contributed by atoms with Crippen LogP contribution in [0.15, 0.2) is 73.1 Å². The number of alkyl carbamates (subject to hydrolysis) is 1. The molecule has 0 radical (unpaired) electrons. The number of methoxy groups -OCH3 is 1. The van der Waals surface area contributed by atoms with Crippen LogP contribution in [0.4, 0.5) is 4.79 Å². The van der Waals surface area contributed by atoms with Gasteiger partial charge in [-0.15, -0.1) is 0 Å². The first kappa shape index (κ1) is 42.6. The number of nitrogens with one attached hydrogen (secondary N) is 3. The molecule has 15 heteroatoms. The number of aromatic nitrogens is 4. The lowest BCUT2D eigenvalue weighted by atomic mass is 9.91. The van der Waals surface area contributed by atoms with Crippen LogP contribution in [0, 0.1) is 17.8 Å². The molecule has 3 fully saturated rings. The minimum atomic E-state index is -1.01. The van der Waals surface area contributed by atoms with Gasteiger partial charge in [-0.3, -0.25) is 14.4 Å². The minimum Gasteiger partial charge on any atom is -0.481 e. The van der Waals surface area contributed by atoms with Gasteiger partial charge in [0.1, 0.15) is 17.7 Å². The fraction of sp³-hybridized carbons (Fsp3) is 0.447. The zero-order valence-corrected chi connectivity index (χ0v) is 35.9. The van der Waals surface area contributed by atoms with Crippen molar-refractivity contribution in [1.82, 2.24) is 35.1 Å². The van der Waals surface area contributed by atoms with Crippen LogP contribution in [0.5, 0.6) is 0 Å². The zero-order valence-electron chi connectivity index (χ0n) is 35.9. The number of carbonyl (C=O) groups excluding carboxylic acids is 3. The summed E-state index contributed by atoms with van der Waals surface area (Å²) in [6.07, 6.45) is 5.74. The van der Waals surface area contributed by atoms with E-state index < -0.39 is 35.9 Å². The maximum Gasteiger partial charge on any atom is 0.407 e. The number of nitrogens with zero attached hydrogens (tertiary/aromatic N) is 4. The fourth-order valence-corrected chi connectivity index (χ4v) is 9.13. The molecular weight excluding hydrogens is 791 g/mol. The maximum atomic E-state index is 13.9. The second kappa shape index (κ2) is 17.7. The lowest BCUT2D eigenvalue weighted by Gasteiger charge is -2.37. The van der Waals surface area contributed by atoms with E-state index in [-0.39, 0.29) is 42.7 Å². The van der Waals surface area contributed by atoms with E-state index in [0.29, 0.717) is 32.0 Å². The zero-order chi connectivity index (χ0) is 43.7. The standard InChI is InChI=1S/C47H55N7O8/c1-27(2)35(22-40(55)56)44(57)54-26-47(61-18-19-62-47)23-39(54)43-49-24-36(50-43)30-11-9-29(10-12-30)31-13-14-33-21-34(16-15-32(33)20-31)37-25-48-42(51-37)38-8-6-7-17-53(38)45(58)41(28(3)4)52-46(59)60-5/h9-16,20-21,24-25,27-28,35,38-39,41H,6-8,17-19,22-23,26H2,1-5H3,(H,48,51)(H,49,50)(H,52,59)(H,55,56). The van der Waals surface area contributed by atoms with Crippen LogP contribution in [-0.4, -0.2) is 104 Å². The summed E-state index contributed by atoms with van der Waals surface area (Å²) in [5, 5.41) is 14.4. The van der Waals surface area contributed by atoms with Gasteiger partial charge in [-0.05, 0) is 70.7 Å². The second-order valence-corrected chi connectivity index (χ2v) is 17.4. The molecule has 5 heterocycles. The van der Waals surface area contributed by atoms with Crippen molar-refractivity contribution in [3.05, 3.63) is 84.7 Å². The van der Waals surface area contributed by atoms with Crippen LogP contribution in [-0.2, 0) is 28.6 Å².